The zero-order valence-electron chi connectivity index (χ0n) is 18.0. The number of hydrogen-bond acceptors (Lipinski definition) is 5. The second-order valence-corrected chi connectivity index (χ2v) is 7.15. The van der Waals surface area contributed by atoms with E-state index in [4.69, 9.17) is 0 Å². The number of carbonyl (C=O) groups is 3. The first-order valence-electron chi connectivity index (χ1n) is 9.77. The number of rotatable bonds is 6. The fourth-order valence-corrected chi connectivity index (χ4v) is 2.91. The normalized spacial score (nSPS) is 12.7. The molecule has 15 heteroatoms. The van der Waals surface area contributed by atoms with Gasteiger partial charge in [-0.15, -0.1) is 0 Å². The van der Waals surface area contributed by atoms with Gasteiger partial charge >= 0.3 is 11.9 Å². The Labute approximate surface area is 204 Å². The average Bonchev–Trinajstić information content (AvgIpc) is 2.89. The Kier molecular flexibility index (Phi) is 8.07. The molecule has 0 N–H and O–H groups in total. The highest BCUT2D eigenvalue weighted by Gasteiger charge is 2.31. The van der Waals surface area contributed by atoms with E-state index in [9.17, 15) is 58.3 Å². The minimum Gasteiger partial charge on any atom is -0.457 e. The predicted molar refractivity (Wildman–Crippen MR) is 102 cm³/mol. The molecule has 0 fully saturated rings. The van der Waals surface area contributed by atoms with Gasteiger partial charge < -0.3 is 9.47 Å². The van der Waals surface area contributed by atoms with Crippen molar-refractivity contribution in [3.05, 3.63) is 105 Å². The summed E-state index contributed by atoms with van der Waals surface area (Å²) in [6.07, 6.45) is 3.22. The van der Waals surface area contributed by atoms with Gasteiger partial charge in [-0.05, 0) is 29.9 Å². The maximum atomic E-state index is 13.9. The lowest BCUT2D eigenvalue weighted by molar-refractivity contribution is -0.148. The largest absolute Gasteiger partial charge is 0.457 e. The Morgan fingerprint density at radius 1 is 0.500 bits per heavy atom. The maximum absolute atomic E-state index is 13.9. The van der Waals surface area contributed by atoms with E-state index in [2.05, 4.69) is 9.47 Å². The van der Waals surface area contributed by atoms with E-state index in [1.54, 1.807) is 0 Å². The number of esters is 2. The highest BCUT2D eigenvalue weighted by atomic mass is 19.2. The third-order valence-electron chi connectivity index (χ3n) is 4.85. The molecule has 1 aliphatic rings. The Balaban J connectivity index is 1.93. The molecule has 3 rings (SSSR count). The van der Waals surface area contributed by atoms with E-state index in [1.165, 1.54) is 0 Å². The third-order valence-corrected chi connectivity index (χ3v) is 4.85. The van der Waals surface area contributed by atoms with Crippen molar-refractivity contribution in [3.63, 3.8) is 0 Å². The smallest absolute Gasteiger partial charge is 0.346 e. The van der Waals surface area contributed by atoms with Crippen LogP contribution in [0.25, 0.3) is 0 Å². The van der Waals surface area contributed by atoms with Crippen LogP contribution >= 0.6 is 0 Å². The van der Waals surface area contributed by atoms with Crippen LogP contribution in [0.3, 0.4) is 0 Å². The minimum atomic E-state index is -2.50. The number of allylic oxidation sites excluding steroid dienone is 5. The van der Waals surface area contributed by atoms with Gasteiger partial charge in [0.1, 0.15) is 13.2 Å². The van der Waals surface area contributed by atoms with Gasteiger partial charge in [0.2, 0.25) is 11.6 Å². The van der Waals surface area contributed by atoms with Gasteiger partial charge in [-0.1, -0.05) is 0 Å². The topological polar surface area (TPSA) is 69.7 Å². The Morgan fingerprint density at radius 2 is 0.789 bits per heavy atom. The monoisotopic (exact) mass is 554 g/mol. The molecule has 0 saturated heterocycles. The molecule has 0 amide bonds. The SMILES string of the molecule is O=C1C=CC(=C(C(=O)OCc2c(F)c(F)c(F)c(F)c2F)C(=O)OCc2c(F)c(F)c(F)c(F)c2F)C=C1. The van der Waals surface area contributed by atoms with E-state index >= 15 is 0 Å². The van der Waals surface area contributed by atoms with Crippen LogP contribution in [0.15, 0.2) is 35.5 Å². The van der Waals surface area contributed by atoms with E-state index in [1.807, 2.05) is 0 Å². The van der Waals surface area contributed by atoms with E-state index in [-0.39, 0.29) is 0 Å². The fraction of sp³-hybridized carbons (Fsp3) is 0.0870. The van der Waals surface area contributed by atoms with Crippen LogP contribution in [-0.2, 0) is 37.1 Å². The van der Waals surface area contributed by atoms with E-state index in [0.717, 1.165) is 24.3 Å². The number of ketones is 1. The van der Waals surface area contributed by atoms with Gasteiger partial charge in [0, 0.05) is 0 Å². The summed E-state index contributed by atoms with van der Waals surface area (Å²) in [6, 6.07) is 0. The molecule has 0 spiro atoms. The number of halogens is 10. The Hall–Kier alpha value is -4.43. The van der Waals surface area contributed by atoms with Gasteiger partial charge in [-0.25, -0.2) is 53.5 Å². The van der Waals surface area contributed by atoms with Crippen LogP contribution in [0.1, 0.15) is 11.1 Å². The van der Waals surface area contributed by atoms with E-state index < -0.39 is 111 Å². The van der Waals surface area contributed by atoms with Crippen molar-refractivity contribution in [2.75, 3.05) is 0 Å². The molecule has 0 aliphatic heterocycles. The molecule has 200 valence electrons. The van der Waals surface area contributed by atoms with Gasteiger partial charge in [0.25, 0.3) is 0 Å². The number of ether oxygens (including phenoxy) is 2. The molecule has 0 bridgehead atoms. The number of hydrogen-bond donors (Lipinski definition) is 0. The van der Waals surface area contributed by atoms with Gasteiger partial charge in [0.05, 0.1) is 11.1 Å². The van der Waals surface area contributed by atoms with Crippen molar-refractivity contribution >= 4 is 17.7 Å². The first kappa shape index (κ1) is 28.1. The Morgan fingerprint density at radius 3 is 1.11 bits per heavy atom. The summed E-state index contributed by atoms with van der Waals surface area (Å²) in [5, 5.41) is 0. The van der Waals surface area contributed by atoms with Crippen LogP contribution < -0.4 is 0 Å². The van der Waals surface area contributed by atoms with Crippen LogP contribution in [0.2, 0.25) is 0 Å². The lowest BCUT2D eigenvalue weighted by Crippen LogP contribution is -2.22. The molecule has 2 aromatic rings. The van der Waals surface area contributed by atoms with Crippen LogP contribution in [0.5, 0.6) is 0 Å². The summed E-state index contributed by atoms with van der Waals surface area (Å²) in [7, 11) is 0. The summed E-state index contributed by atoms with van der Waals surface area (Å²) in [4.78, 5) is 36.4. The zero-order chi connectivity index (χ0) is 28.5. The number of carbonyl (C=O) groups excluding carboxylic acids is 3. The average molecular weight is 554 g/mol. The maximum Gasteiger partial charge on any atom is 0.346 e. The minimum absolute atomic E-state index is 0.505. The van der Waals surface area contributed by atoms with Gasteiger partial charge in [0.15, 0.2) is 57.9 Å². The van der Waals surface area contributed by atoms with E-state index in [0.29, 0.717) is 0 Å². The molecule has 0 radical (unpaired) electrons. The van der Waals surface area contributed by atoms with Crippen molar-refractivity contribution in [2.45, 2.75) is 13.2 Å². The molecular weight excluding hydrogens is 546 g/mol. The van der Waals surface area contributed by atoms with Crippen molar-refractivity contribution in [2.24, 2.45) is 0 Å². The molecule has 0 aromatic heterocycles. The fourth-order valence-electron chi connectivity index (χ4n) is 2.91. The highest BCUT2D eigenvalue weighted by molar-refractivity contribution is 6.16. The first-order chi connectivity index (χ1) is 17.8. The third kappa shape index (κ3) is 5.17. The summed E-state index contributed by atoms with van der Waals surface area (Å²) >= 11 is 0. The quantitative estimate of drug-likeness (QED) is 0.0972. The molecule has 0 atom stereocenters. The van der Waals surface area contributed by atoms with Crippen molar-refractivity contribution < 1.29 is 67.8 Å². The second-order valence-electron chi connectivity index (χ2n) is 7.15. The van der Waals surface area contributed by atoms with Crippen molar-refractivity contribution in [1.82, 2.24) is 0 Å². The Bertz CT molecular complexity index is 1310. The predicted octanol–water partition coefficient (Wildman–Crippen LogP) is 4.86. The lowest BCUT2D eigenvalue weighted by atomic mass is 10.0. The lowest BCUT2D eigenvalue weighted by Gasteiger charge is -2.14. The highest BCUT2D eigenvalue weighted by Crippen LogP contribution is 2.26. The summed E-state index contributed by atoms with van der Waals surface area (Å²) in [5.74, 6) is -28.3. The van der Waals surface area contributed by atoms with Crippen LogP contribution in [-0.4, -0.2) is 17.7 Å². The van der Waals surface area contributed by atoms with Crippen LogP contribution in [0.4, 0.5) is 43.9 Å². The molecule has 0 saturated carbocycles. The summed E-state index contributed by atoms with van der Waals surface area (Å²) in [5.41, 5.74) is -4.97. The van der Waals surface area contributed by atoms with Gasteiger partial charge in [-0.3, -0.25) is 4.79 Å². The summed E-state index contributed by atoms with van der Waals surface area (Å²) in [6.45, 7) is -3.25. The standard InChI is InChI=1S/C23H8F10O5/c24-12-9(13(25)17(29)20(32)16(12)28)5-37-22(35)11(7-1-3-8(34)4-2-7)23(36)38-6-10-14(26)18(30)21(33)19(31)15(10)27/h1-4H,5-6H2. The molecule has 5 nitrogen and oxygen atoms in total. The van der Waals surface area contributed by atoms with Gasteiger partial charge in [-0.2, -0.15) is 0 Å². The first-order valence-corrected chi connectivity index (χ1v) is 9.77. The van der Waals surface area contributed by atoms with Crippen LogP contribution in [0, 0.1) is 58.2 Å². The molecular formula is C23H8F10O5. The zero-order valence-corrected chi connectivity index (χ0v) is 18.0. The number of benzene rings is 2. The second kappa shape index (κ2) is 10.9. The molecule has 2 aromatic carbocycles. The molecule has 1 aliphatic carbocycles. The summed E-state index contributed by atoms with van der Waals surface area (Å²) < 4.78 is 144. The van der Waals surface area contributed by atoms with Crippen molar-refractivity contribution in [3.8, 4) is 0 Å². The van der Waals surface area contributed by atoms with Crippen molar-refractivity contribution in [1.29, 1.82) is 0 Å². The molecule has 0 unspecified atom stereocenters. The molecule has 38 heavy (non-hydrogen) atoms. The molecule has 0 heterocycles.